The predicted molar refractivity (Wildman–Crippen MR) is 193 cm³/mol. The highest BCUT2D eigenvalue weighted by atomic mass is 79.9. The van der Waals surface area contributed by atoms with E-state index in [-0.39, 0.29) is 10.2 Å². The molecule has 0 radical (unpaired) electrons. The molecule has 1 amide bonds. The second-order valence-electron chi connectivity index (χ2n) is 10.6. The Labute approximate surface area is 281 Å². The van der Waals surface area contributed by atoms with E-state index in [9.17, 15) is 9.59 Å². The van der Waals surface area contributed by atoms with Crippen LogP contribution >= 0.6 is 39.9 Å². The molecule has 0 aliphatic carbocycles. The Bertz CT molecular complexity index is 1810. The van der Waals surface area contributed by atoms with Crippen molar-refractivity contribution in [3.63, 3.8) is 0 Å². The van der Waals surface area contributed by atoms with E-state index >= 15 is 0 Å². The Morgan fingerprint density at radius 1 is 0.933 bits per heavy atom. The number of hydrogen-bond acceptors (Lipinski definition) is 6. The van der Waals surface area contributed by atoms with Crippen molar-refractivity contribution >= 4 is 89.8 Å². The Morgan fingerprint density at radius 3 is 2.04 bits per heavy atom. The van der Waals surface area contributed by atoms with E-state index in [1.165, 1.54) is 16.7 Å². The molecule has 0 spiro atoms. The van der Waals surface area contributed by atoms with Crippen molar-refractivity contribution in [3.8, 4) is 5.75 Å². The van der Waals surface area contributed by atoms with E-state index in [0.29, 0.717) is 4.91 Å². The van der Waals surface area contributed by atoms with E-state index in [2.05, 4.69) is 96.2 Å². The topological polar surface area (TPSA) is 70.1 Å². The molecule has 4 aromatic rings. The molecule has 4 aromatic carbocycles. The summed E-state index contributed by atoms with van der Waals surface area (Å²) >= 11 is 10.0. The number of nitrogens with zero attached hydrogens (tertiary/aromatic N) is 2. The lowest BCUT2D eigenvalue weighted by atomic mass is 10.0. The minimum absolute atomic E-state index is 0.248. The molecule has 0 unspecified atom stereocenters. The maximum absolute atomic E-state index is 12.6. The third-order valence-electron chi connectivity index (χ3n) is 7.29. The van der Waals surface area contributed by atoms with Gasteiger partial charge in [0.25, 0.3) is 5.91 Å². The van der Waals surface area contributed by atoms with Crippen molar-refractivity contribution in [2.75, 3.05) is 18.6 Å². The lowest BCUT2D eigenvalue weighted by Crippen LogP contribution is -2.33. The van der Waals surface area contributed by atoms with Crippen molar-refractivity contribution in [2.45, 2.75) is 20.8 Å². The molecule has 0 bridgehead atoms. The van der Waals surface area contributed by atoms with Gasteiger partial charge in [0.15, 0.2) is 0 Å². The summed E-state index contributed by atoms with van der Waals surface area (Å²) in [6.07, 6.45) is 3.79. The number of carboxylic acid groups (broad SMARTS) is 1. The summed E-state index contributed by atoms with van der Waals surface area (Å²) in [5.74, 6) is -0.683. The van der Waals surface area contributed by atoms with Crippen molar-refractivity contribution in [3.05, 3.63) is 123 Å². The number of carboxylic acids is 1. The molecule has 1 heterocycles. The van der Waals surface area contributed by atoms with Gasteiger partial charge in [0.05, 0.1) is 17.7 Å². The number of thioether (sulfide) groups is 1. The standard InChI is InChI=1S/C36H31BrN2O4S2/c1-22-17-23(2)34(24(3)18-22)39(29-13-15-30(43-4)16-14-29)28-11-7-25(8-12-28)19-31(37)27-9-5-26(6-10-27)20-32-35(42)38(21-33(40)41)36(44)45-32/h5-20H,21H2,1-4H3,(H,40,41). The Balaban J connectivity index is 1.38. The van der Waals surface area contributed by atoms with Crippen LogP contribution in [0.2, 0.25) is 0 Å². The Kier molecular flexibility index (Phi) is 9.92. The molecule has 1 fully saturated rings. The summed E-state index contributed by atoms with van der Waals surface area (Å²) in [6.45, 7) is 5.98. The number of aryl methyl sites for hydroxylation is 3. The summed E-state index contributed by atoms with van der Waals surface area (Å²) in [7, 11) is 1.67. The molecule has 0 atom stereocenters. The van der Waals surface area contributed by atoms with E-state index < -0.39 is 12.5 Å². The van der Waals surface area contributed by atoms with Crippen LogP contribution in [-0.4, -0.2) is 39.9 Å². The fourth-order valence-corrected chi connectivity index (χ4v) is 7.06. The van der Waals surface area contributed by atoms with E-state index in [1.807, 2.05) is 36.4 Å². The zero-order chi connectivity index (χ0) is 32.2. The van der Waals surface area contributed by atoms with Crippen LogP contribution in [0.25, 0.3) is 16.6 Å². The molecule has 5 rings (SSSR count). The van der Waals surface area contributed by atoms with Crippen LogP contribution in [-0.2, 0) is 9.59 Å². The Hall–Kier alpha value is -4.18. The molecule has 1 aliphatic heterocycles. The number of aliphatic carboxylic acids is 1. The molecule has 9 heteroatoms. The number of carbonyl (C=O) groups is 2. The van der Waals surface area contributed by atoms with Gasteiger partial charge >= 0.3 is 5.97 Å². The van der Waals surface area contributed by atoms with Crippen LogP contribution in [0.15, 0.2) is 89.8 Å². The zero-order valence-corrected chi connectivity index (χ0v) is 28.4. The number of anilines is 3. The minimum Gasteiger partial charge on any atom is -0.497 e. The van der Waals surface area contributed by atoms with Gasteiger partial charge in [0, 0.05) is 15.9 Å². The van der Waals surface area contributed by atoms with Gasteiger partial charge in [-0.15, -0.1) is 0 Å². The van der Waals surface area contributed by atoms with Crippen molar-refractivity contribution < 1.29 is 19.4 Å². The fourth-order valence-electron chi connectivity index (χ4n) is 5.27. The van der Waals surface area contributed by atoms with Gasteiger partial charge in [-0.3, -0.25) is 14.5 Å². The maximum Gasteiger partial charge on any atom is 0.323 e. The lowest BCUT2D eigenvalue weighted by Gasteiger charge is -2.29. The number of halogens is 1. The van der Waals surface area contributed by atoms with Crippen molar-refractivity contribution in [1.29, 1.82) is 0 Å². The smallest absolute Gasteiger partial charge is 0.323 e. The molecule has 0 aromatic heterocycles. The van der Waals surface area contributed by atoms with E-state index in [4.69, 9.17) is 22.1 Å². The third-order valence-corrected chi connectivity index (χ3v) is 9.35. The number of methoxy groups -OCH3 is 1. The molecule has 0 saturated carbocycles. The molecule has 228 valence electrons. The summed E-state index contributed by atoms with van der Waals surface area (Å²) in [4.78, 5) is 27.4. The number of thiocarbonyl (C=S) groups is 1. The quantitative estimate of drug-likeness (QED) is 0.106. The molecular formula is C36H31BrN2O4S2. The fraction of sp³-hybridized carbons (Fsp3) is 0.139. The predicted octanol–water partition coefficient (Wildman–Crippen LogP) is 9.27. The van der Waals surface area contributed by atoms with Gasteiger partial charge in [-0.2, -0.15) is 0 Å². The van der Waals surface area contributed by atoms with Gasteiger partial charge in [0.1, 0.15) is 16.6 Å². The molecular weight excluding hydrogens is 668 g/mol. The van der Waals surface area contributed by atoms with Crippen LogP contribution < -0.4 is 9.64 Å². The normalized spacial score (nSPS) is 14.3. The second kappa shape index (κ2) is 13.9. The first-order valence-corrected chi connectivity index (χ1v) is 16.1. The van der Waals surface area contributed by atoms with Crippen LogP contribution in [0.4, 0.5) is 17.1 Å². The SMILES string of the molecule is COc1ccc(N(c2ccc(C=C(Br)c3ccc(C=C4SC(=S)N(CC(=O)O)C4=O)cc3)cc2)c2c(C)cc(C)cc2C)cc1. The minimum atomic E-state index is -1.10. The first-order valence-electron chi connectivity index (χ1n) is 14.1. The van der Waals surface area contributed by atoms with Crippen molar-refractivity contribution in [2.24, 2.45) is 0 Å². The number of amides is 1. The average molecular weight is 700 g/mol. The van der Waals surface area contributed by atoms with Crippen LogP contribution in [0.1, 0.15) is 33.4 Å². The third kappa shape index (κ3) is 7.39. The number of carbonyl (C=O) groups excluding carboxylic acids is 1. The average Bonchev–Trinajstić information content (AvgIpc) is 3.26. The monoisotopic (exact) mass is 698 g/mol. The van der Waals surface area contributed by atoms with Crippen LogP contribution in [0, 0.1) is 20.8 Å². The lowest BCUT2D eigenvalue weighted by molar-refractivity contribution is -0.140. The first kappa shape index (κ1) is 32.2. The number of benzene rings is 4. The largest absolute Gasteiger partial charge is 0.497 e. The van der Waals surface area contributed by atoms with Crippen molar-refractivity contribution in [1.82, 2.24) is 4.90 Å². The highest BCUT2D eigenvalue weighted by molar-refractivity contribution is 9.15. The number of ether oxygens (including phenoxy) is 1. The molecule has 1 aliphatic rings. The highest BCUT2D eigenvalue weighted by Crippen LogP contribution is 2.40. The second-order valence-corrected chi connectivity index (χ2v) is 13.2. The van der Waals surface area contributed by atoms with Gasteiger partial charge in [-0.25, -0.2) is 0 Å². The zero-order valence-electron chi connectivity index (χ0n) is 25.2. The van der Waals surface area contributed by atoms with Gasteiger partial charge < -0.3 is 14.7 Å². The Morgan fingerprint density at radius 2 is 1.49 bits per heavy atom. The van der Waals surface area contributed by atoms with Crippen LogP contribution in [0.3, 0.4) is 0 Å². The molecule has 1 saturated heterocycles. The summed E-state index contributed by atoms with van der Waals surface area (Å²) < 4.78 is 6.56. The number of rotatable bonds is 9. The summed E-state index contributed by atoms with van der Waals surface area (Å²) in [6, 6.07) is 28.7. The van der Waals surface area contributed by atoms with Gasteiger partial charge in [-0.05, 0) is 97.1 Å². The van der Waals surface area contributed by atoms with Gasteiger partial charge in [0.2, 0.25) is 0 Å². The summed E-state index contributed by atoms with van der Waals surface area (Å²) in [5.41, 5.74) is 9.69. The van der Waals surface area contributed by atoms with E-state index in [1.54, 1.807) is 13.2 Å². The van der Waals surface area contributed by atoms with Gasteiger partial charge in [-0.1, -0.05) is 94.0 Å². The molecule has 1 N–H and O–H groups in total. The summed E-state index contributed by atoms with van der Waals surface area (Å²) in [5, 5.41) is 9.05. The highest BCUT2D eigenvalue weighted by Gasteiger charge is 2.33. The van der Waals surface area contributed by atoms with E-state index in [0.717, 1.165) is 60.6 Å². The molecule has 6 nitrogen and oxygen atoms in total. The first-order chi connectivity index (χ1) is 21.5. The van der Waals surface area contributed by atoms with Crippen LogP contribution in [0.5, 0.6) is 5.75 Å². The molecule has 45 heavy (non-hydrogen) atoms. The maximum atomic E-state index is 12.6. The number of hydrogen-bond donors (Lipinski definition) is 1.